The lowest BCUT2D eigenvalue weighted by molar-refractivity contribution is 0.0690. The maximum absolute atomic E-state index is 13.3. The number of furan rings is 1. The minimum absolute atomic E-state index is 0.0269. The SMILES string of the molecule is COc1ccc(C(=O)N(Cc2cc(NC(=O)c3ccco3)ccc2N(C)C)C(C)C)cc1. The molecule has 0 unspecified atom stereocenters. The second-order valence-corrected chi connectivity index (χ2v) is 7.92. The lowest BCUT2D eigenvalue weighted by Crippen LogP contribution is -2.36. The summed E-state index contributed by atoms with van der Waals surface area (Å²) in [7, 11) is 5.49. The van der Waals surface area contributed by atoms with Gasteiger partial charge < -0.3 is 24.3 Å². The molecule has 7 nitrogen and oxygen atoms in total. The van der Waals surface area contributed by atoms with E-state index in [0.29, 0.717) is 23.5 Å². The molecule has 1 heterocycles. The molecular weight excluding hydrogens is 406 g/mol. The zero-order chi connectivity index (χ0) is 23.3. The minimum atomic E-state index is -0.325. The first-order chi connectivity index (χ1) is 15.3. The highest BCUT2D eigenvalue weighted by Gasteiger charge is 2.21. The Labute approximate surface area is 188 Å². The number of carbonyl (C=O) groups is 2. The highest BCUT2D eigenvalue weighted by molar-refractivity contribution is 6.02. The Hall–Kier alpha value is -3.74. The molecule has 0 radical (unpaired) electrons. The van der Waals surface area contributed by atoms with Crippen LogP contribution in [-0.2, 0) is 6.54 Å². The molecule has 0 bridgehead atoms. The van der Waals surface area contributed by atoms with Crippen molar-refractivity contribution in [3.8, 4) is 5.75 Å². The first-order valence-corrected chi connectivity index (χ1v) is 10.4. The average molecular weight is 436 g/mol. The van der Waals surface area contributed by atoms with E-state index in [1.54, 1.807) is 43.5 Å². The molecule has 0 atom stereocenters. The van der Waals surface area contributed by atoms with Crippen LogP contribution in [0.2, 0.25) is 0 Å². The summed E-state index contributed by atoms with van der Waals surface area (Å²) in [5, 5.41) is 2.86. The molecular formula is C25H29N3O4. The smallest absolute Gasteiger partial charge is 0.291 e. The van der Waals surface area contributed by atoms with E-state index >= 15 is 0 Å². The molecule has 3 rings (SSSR count). The topological polar surface area (TPSA) is 75.0 Å². The number of nitrogens with zero attached hydrogens (tertiary/aromatic N) is 2. The first kappa shape index (κ1) is 22.9. The number of methoxy groups -OCH3 is 1. The third-order valence-corrected chi connectivity index (χ3v) is 5.13. The molecule has 0 fully saturated rings. The van der Waals surface area contributed by atoms with Gasteiger partial charge in [-0.2, -0.15) is 0 Å². The molecule has 7 heteroatoms. The van der Waals surface area contributed by atoms with Crippen molar-refractivity contribution in [3.63, 3.8) is 0 Å². The predicted octanol–water partition coefficient (Wildman–Crippen LogP) is 4.66. The Balaban J connectivity index is 1.88. The monoisotopic (exact) mass is 435 g/mol. The number of hydrogen-bond acceptors (Lipinski definition) is 5. The van der Waals surface area contributed by atoms with Crippen LogP contribution >= 0.6 is 0 Å². The van der Waals surface area contributed by atoms with E-state index in [1.807, 2.05) is 55.9 Å². The van der Waals surface area contributed by atoms with Crippen molar-refractivity contribution in [1.29, 1.82) is 0 Å². The van der Waals surface area contributed by atoms with Crippen LogP contribution in [0.3, 0.4) is 0 Å². The van der Waals surface area contributed by atoms with Gasteiger partial charge >= 0.3 is 0 Å². The van der Waals surface area contributed by atoms with Crippen molar-refractivity contribution in [2.45, 2.75) is 26.4 Å². The second kappa shape index (κ2) is 10.0. The minimum Gasteiger partial charge on any atom is -0.497 e. The van der Waals surface area contributed by atoms with E-state index in [0.717, 1.165) is 11.3 Å². The molecule has 1 aromatic heterocycles. The third-order valence-electron chi connectivity index (χ3n) is 5.13. The van der Waals surface area contributed by atoms with Crippen molar-refractivity contribution >= 4 is 23.2 Å². The molecule has 0 spiro atoms. The molecule has 0 aliphatic heterocycles. The Morgan fingerprint density at radius 1 is 1.06 bits per heavy atom. The fraction of sp³-hybridized carbons (Fsp3) is 0.280. The van der Waals surface area contributed by atoms with Gasteiger partial charge in [-0.05, 0) is 74.0 Å². The third kappa shape index (κ3) is 5.29. The van der Waals surface area contributed by atoms with Crippen LogP contribution < -0.4 is 15.0 Å². The van der Waals surface area contributed by atoms with Crippen molar-refractivity contribution in [1.82, 2.24) is 4.90 Å². The van der Waals surface area contributed by atoms with Gasteiger partial charge in [0.25, 0.3) is 11.8 Å². The predicted molar refractivity (Wildman–Crippen MR) is 125 cm³/mol. The van der Waals surface area contributed by atoms with E-state index in [9.17, 15) is 9.59 Å². The van der Waals surface area contributed by atoms with Gasteiger partial charge in [-0.3, -0.25) is 9.59 Å². The Bertz CT molecular complexity index is 1060. The van der Waals surface area contributed by atoms with Crippen LogP contribution in [0.5, 0.6) is 5.75 Å². The average Bonchev–Trinajstić information content (AvgIpc) is 3.32. The molecule has 2 aromatic carbocycles. The molecule has 32 heavy (non-hydrogen) atoms. The molecule has 1 N–H and O–H groups in total. The summed E-state index contributed by atoms with van der Waals surface area (Å²) in [5.74, 6) is 0.542. The van der Waals surface area contributed by atoms with Gasteiger partial charge in [0.05, 0.1) is 13.4 Å². The van der Waals surface area contributed by atoms with Gasteiger partial charge in [-0.1, -0.05) is 0 Å². The number of anilines is 2. The fourth-order valence-electron chi connectivity index (χ4n) is 3.40. The molecule has 0 saturated carbocycles. The van der Waals surface area contributed by atoms with E-state index in [1.165, 1.54) is 6.26 Å². The van der Waals surface area contributed by atoms with Gasteiger partial charge in [-0.15, -0.1) is 0 Å². The largest absolute Gasteiger partial charge is 0.497 e. The van der Waals surface area contributed by atoms with Crippen LogP contribution in [0.1, 0.15) is 40.3 Å². The van der Waals surface area contributed by atoms with Crippen molar-refractivity contribution in [2.24, 2.45) is 0 Å². The highest BCUT2D eigenvalue weighted by Crippen LogP contribution is 2.26. The van der Waals surface area contributed by atoms with E-state index < -0.39 is 0 Å². The van der Waals surface area contributed by atoms with E-state index in [-0.39, 0.29) is 23.6 Å². The number of rotatable bonds is 8. The normalized spacial score (nSPS) is 10.7. The van der Waals surface area contributed by atoms with E-state index in [2.05, 4.69) is 5.32 Å². The molecule has 2 amide bonds. The Kier molecular flexibility index (Phi) is 7.20. The van der Waals surface area contributed by atoms with Crippen molar-refractivity contribution in [2.75, 3.05) is 31.4 Å². The maximum Gasteiger partial charge on any atom is 0.291 e. The summed E-state index contributed by atoms with van der Waals surface area (Å²) >= 11 is 0. The summed E-state index contributed by atoms with van der Waals surface area (Å²) in [4.78, 5) is 29.5. The van der Waals surface area contributed by atoms with E-state index in [4.69, 9.17) is 9.15 Å². The molecule has 0 saturated heterocycles. The number of carbonyl (C=O) groups excluding carboxylic acids is 2. The zero-order valence-corrected chi connectivity index (χ0v) is 19.1. The molecule has 168 valence electrons. The number of nitrogens with one attached hydrogen (secondary N) is 1. The first-order valence-electron chi connectivity index (χ1n) is 10.4. The van der Waals surface area contributed by atoms with Crippen molar-refractivity contribution < 1.29 is 18.7 Å². The van der Waals surface area contributed by atoms with Crippen molar-refractivity contribution in [3.05, 3.63) is 77.7 Å². The standard InChI is InChI=1S/C25H29N3O4/c1-17(2)28(25(30)18-8-11-21(31-5)12-9-18)16-19-15-20(10-13-22(19)27(3)4)26-24(29)23-7-6-14-32-23/h6-15,17H,16H2,1-5H3,(H,26,29). The van der Waals surface area contributed by atoms with Crippen LogP contribution in [0.4, 0.5) is 11.4 Å². The van der Waals surface area contributed by atoms with Crippen LogP contribution in [0.25, 0.3) is 0 Å². The summed E-state index contributed by atoms with van der Waals surface area (Å²) in [5.41, 5.74) is 3.11. The molecule has 0 aliphatic carbocycles. The quantitative estimate of drug-likeness (QED) is 0.557. The lowest BCUT2D eigenvalue weighted by atomic mass is 10.1. The van der Waals surface area contributed by atoms with Gasteiger partial charge in [0, 0.05) is 43.6 Å². The Morgan fingerprint density at radius 2 is 1.78 bits per heavy atom. The number of hydrogen-bond donors (Lipinski definition) is 1. The molecule has 0 aliphatic rings. The summed E-state index contributed by atoms with van der Waals surface area (Å²) in [6, 6.07) is 16.0. The number of amides is 2. The molecule has 3 aromatic rings. The maximum atomic E-state index is 13.3. The highest BCUT2D eigenvalue weighted by atomic mass is 16.5. The lowest BCUT2D eigenvalue weighted by Gasteiger charge is -2.29. The number of ether oxygens (including phenoxy) is 1. The van der Waals surface area contributed by atoms with Gasteiger partial charge in [0.2, 0.25) is 0 Å². The summed E-state index contributed by atoms with van der Waals surface area (Å²) in [6.45, 7) is 4.36. The van der Waals surface area contributed by atoms with Gasteiger partial charge in [0.1, 0.15) is 5.75 Å². The Morgan fingerprint density at radius 3 is 2.34 bits per heavy atom. The van der Waals surface area contributed by atoms with Crippen LogP contribution in [0.15, 0.2) is 65.3 Å². The second-order valence-electron chi connectivity index (χ2n) is 7.92. The zero-order valence-electron chi connectivity index (χ0n) is 19.1. The van der Waals surface area contributed by atoms with Crippen LogP contribution in [0, 0.1) is 0 Å². The summed E-state index contributed by atoms with van der Waals surface area (Å²) in [6.07, 6.45) is 1.46. The van der Waals surface area contributed by atoms with Gasteiger partial charge in [0.15, 0.2) is 5.76 Å². The van der Waals surface area contributed by atoms with Gasteiger partial charge in [-0.25, -0.2) is 0 Å². The summed E-state index contributed by atoms with van der Waals surface area (Å²) < 4.78 is 10.4. The van der Waals surface area contributed by atoms with Crippen LogP contribution in [-0.4, -0.2) is 44.0 Å². The number of benzene rings is 2. The fourth-order valence-corrected chi connectivity index (χ4v) is 3.40.